The molecule has 8 heteroatoms. The third-order valence-electron chi connectivity index (χ3n) is 3.61. The third kappa shape index (κ3) is 3.57. The number of nitrogens with zero attached hydrogens (tertiary/aromatic N) is 1. The Labute approximate surface area is 161 Å². The van der Waals surface area contributed by atoms with Crippen molar-refractivity contribution in [1.29, 1.82) is 0 Å². The number of nitrogens with one attached hydrogen (secondary N) is 2. The van der Waals surface area contributed by atoms with Crippen molar-refractivity contribution in [2.45, 2.75) is 5.16 Å². The van der Waals surface area contributed by atoms with Crippen LogP contribution in [0.1, 0.15) is 0 Å². The van der Waals surface area contributed by atoms with E-state index in [1.54, 1.807) is 11.3 Å². The summed E-state index contributed by atoms with van der Waals surface area (Å²) >= 11 is 4.24. The highest BCUT2D eigenvalue weighted by atomic mass is 32.2. The molecule has 0 unspecified atom stereocenters. The van der Waals surface area contributed by atoms with Gasteiger partial charge in [0.05, 0.1) is 11.1 Å². The number of aromatic nitrogens is 2. The Bertz CT molecular complexity index is 1100. The minimum absolute atomic E-state index is 0.144. The first-order chi connectivity index (χ1) is 12.7. The normalized spacial score (nSPS) is 10.9. The highest BCUT2D eigenvalue weighted by Crippen LogP contribution is 2.34. The first-order valence-electron chi connectivity index (χ1n) is 7.74. The van der Waals surface area contributed by atoms with Crippen LogP contribution in [0.25, 0.3) is 20.7 Å². The highest BCUT2D eigenvalue weighted by Gasteiger charge is 2.14. The van der Waals surface area contributed by atoms with Gasteiger partial charge in [-0.2, -0.15) is 0 Å². The van der Waals surface area contributed by atoms with Gasteiger partial charge in [-0.3, -0.25) is 9.59 Å². The Morgan fingerprint density at radius 3 is 2.77 bits per heavy atom. The van der Waals surface area contributed by atoms with E-state index in [0.29, 0.717) is 15.4 Å². The van der Waals surface area contributed by atoms with Crippen molar-refractivity contribution in [3.63, 3.8) is 0 Å². The maximum Gasteiger partial charge on any atom is 0.260 e. The second-order valence-electron chi connectivity index (χ2n) is 5.38. The lowest BCUT2D eigenvalue weighted by molar-refractivity contribution is -0.113. The number of hydrogen-bond donors (Lipinski definition) is 2. The number of thiophene rings is 2. The second-order valence-corrected chi connectivity index (χ2v) is 8.15. The Balaban J connectivity index is 1.51. The van der Waals surface area contributed by atoms with Gasteiger partial charge in [-0.1, -0.05) is 36.0 Å². The summed E-state index contributed by atoms with van der Waals surface area (Å²) in [4.78, 5) is 33.6. The number of aromatic amines is 1. The van der Waals surface area contributed by atoms with Crippen molar-refractivity contribution in [3.8, 4) is 10.4 Å². The van der Waals surface area contributed by atoms with E-state index in [1.807, 2.05) is 53.2 Å². The molecule has 130 valence electrons. The molecule has 4 rings (SSSR count). The van der Waals surface area contributed by atoms with Gasteiger partial charge in [-0.05, 0) is 23.6 Å². The number of rotatable bonds is 5. The molecular formula is C18H13N3O2S3. The minimum Gasteiger partial charge on any atom is -0.325 e. The van der Waals surface area contributed by atoms with Crippen molar-refractivity contribution in [3.05, 3.63) is 63.6 Å². The summed E-state index contributed by atoms with van der Waals surface area (Å²) in [5, 5.41) is 7.80. The zero-order valence-corrected chi connectivity index (χ0v) is 15.8. The molecule has 0 atom stereocenters. The summed E-state index contributed by atoms with van der Waals surface area (Å²) in [6.07, 6.45) is 0. The van der Waals surface area contributed by atoms with Crippen LogP contribution in [-0.2, 0) is 4.79 Å². The molecular weight excluding hydrogens is 386 g/mol. The van der Waals surface area contributed by atoms with Crippen LogP contribution in [0.4, 0.5) is 5.69 Å². The molecule has 3 aromatic heterocycles. The molecule has 0 saturated carbocycles. The first kappa shape index (κ1) is 17.0. The number of H-pyrrole nitrogens is 1. The van der Waals surface area contributed by atoms with Gasteiger partial charge < -0.3 is 10.3 Å². The zero-order chi connectivity index (χ0) is 17.9. The van der Waals surface area contributed by atoms with Crippen LogP contribution in [0.2, 0.25) is 0 Å². The van der Waals surface area contributed by atoms with E-state index < -0.39 is 0 Å². The Morgan fingerprint density at radius 1 is 1.15 bits per heavy atom. The number of benzene rings is 1. The molecule has 0 saturated heterocycles. The van der Waals surface area contributed by atoms with Gasteiger partial charge in [-0.25, -0.2) is 4.98 Å². The van der Waals surface area contributed by atoms with Gasteiger partial charge in [0, 0.05) is 21.5 Å². The number of thioether (sulfide) groups is 1. The predicted molar refractivity (Wildman–Crippen MR) is 109 cm³/mol. The molecule has 0 radical (unpaired) electrons. The van der Waals surface area contributed by atoms with Gasteiger partial charge in [0.2, 0.25) is 5.91 Å². The highest BCUT2D eigenvalue weighted by molar-refractivity contribution is 7.99. The molecule has 3 heterocycles. The standard InChI is InChI=1S/C18H13N3O2S3/c22-14(19-11-5-2-1-3-6-11)10-26-18-20-16(23)15-12(9-25-17(15)21-18)13-7-4-8-24-13/h1-9H,10H2,(H,19,22)(H,20,21,23). The molecule has 0 aliphatic rings. The molecule has 5 nitrogen and oxygen atoms in total. The number of para-hydroxylation sites is 1. The van der Waals surface area contributed by atoms with Crippen LogP contribution in [-0.4, -0.2) is 21.6 Å². The average Bonchev–Trinajstić information content (AvgIpc) is 3.30. The Hall–Kier alpha value is -2.42. The predicted octanol–water partition coefficient (Wildman–Crippen LogP) is 4.44. The van der Waals surface area contributed by atoms with E-state index >= 15 is 0 Å². The summed E-state index contributed by atoms with van der Waals surface area (Å²) < 4.78 is 0. The Kier molecular flexibility index (Phi) is 4.87. The summed E-state index contributed by atoms with van der Waals surface area (Å²) in [5.74, 6) is 0.0290. The van der Waals surface area contributed by atoms with Crippen LogP contribution in [0.15, 0.2) is 63.2 Å². The van der Waals surface area contributed by atoms with Crippen molar-refractivity contribution >= 4 is 56.2 Å². The second kappa shape index (κ2) is 7.45. The number of hydrogen-bond acceptors (Lipinski definition) is 6. The maximum absolute atomic E-state index is 12.5. The SMILES string of the molecule is O=C(CSc1nc2scc(-c3cccs3)c2c(=O)[nH]1)Nc1ccccc1. The molecule has 0 fully saturated rings. The lowest BCUT2D eigenvalue weighted by atomic mass is 10.2. The fourth-order valence-electron chi connectivity index (χ4n) is 2.46. The van der Waals surface area contributed by atoms with Crippen LogP contribution in [0.5, 0.6) is 0 Å². The molecule has 4 aromatic rings. The number of amides is 1. The van der Waals surface area contributed by atoms with Crippen LogP contribution < -0.4 is 10.9 Å². The fraction of sp³-hybridized carbons (Fsp3) is 0.0556. The van der Waals surface area contributed by atoms with E-state index in [2.05, 4.69) is 15.3 Å². The quantitative estimate of drug-likeness (QED) is 0.384. The molecule has 0 aliphatic carbocycles. The molecule has 0 spiro atoms. The van der Waals surface area contributed by atoms with Crippen molar-refractivity contribution in [1.82, 2.24) is 9.97 Å². The van der Waals surface area contributed by atoms with E-state index in [9.17, 15) is 9.59 Å². The smallest absolute Gasteiger partial charge is 0.260 e. The van der Waals surface area contributed by atoms with Gasteiger partial charge in [-0.15, -0.1) is 22.7 Å². The number of anilines is 1. The van der Waals surface area contributed by atoms with Gasteiger partial charge in [0.15, 0.2) is 5.16 Å². The summed E-state index contributed by atoms with van der Waals surface area (Å²) in [5.41, 5.74) is 1.48. The van der Waals surface area contributed by atoms with Gasteiger partial charge >= 0.3 is 0 Å². The summed E-state index contributed by atoms with van der Waals surface area (Å²) in [6, 6.07) is 13.2. The molecule has 0 aliphatic heterocycles. The van der Waals surface area contributed by atoms with Crippen LogP contribution >= 0.6 is 34.4 Å². The zero-order valence-electron chi connectivity index (χ0n) is 13.4. The lowest BCUT2D eigenvalue weighted by Gasteiger charge is -2.04. The molecule has 1 amide bonds. The topological polar surface area (TPSA) is 74.8 Å². The minimum atomic E-state index is -0.175. The monoisotopic (exact) mass is 399 g/mol. The third-order valence-corrected chi connectivity index (χ3v) is 6.26. The van der Waals surface area contributed by atoms with Gasteiger partial charge in [0.25, 0.3) is 5.56 Å². The van der Waals surface area contributed by atoms with Crippen molar-refractivity contribution < 1.29 is 4.79 Å². The summed E-state index contributed by atoms with van der Waals surface area (Å²) in [7, 11) is 0. The largest absolute Gasteiger partial charge is 0.325 e. The number of carbonyl (C=O) groups excluding carboxylic acids is 1. The molecule has 1 aromatic carbocycles. The van der Waals surface area contributed by atoms with Gasteiger partial charge in [0.1, 0.15) is 4.83 Å². The number of carbonyl (C=O) groups is 1. The maximum atomic E-state index is 12.5. The molecule has 0 bridgehead atoms. The first-order valence-corrected chi connectivity index (χ1v) is 10.5. The van der Waals surface area contributed by atoms with E-state index in [4.69, 9.17) is 0 Å². The number of fused-ring (bicyclic) bond motifs is 1. The lowest BCUT2D eigenvalue weighted by Crippen LogP contribution is -2.15. The fourth-order valence-corrected chi connectivity index (χ4v) is 4.94. The van der Waals surface area contributed by atoms with Crippen LogP contribution in [0.3, 0.4) is 0 Å². The molecule has 2 N–H and O–H groups in total. The van der Waals surface area contributed by atoms with Crippen molar-refractivity contribution in [2.75, 3.05) is 11.1 Å². The molecule has 26 heavy (non-hydrogen) atoms. The Morgan fingerprint density at radius 2 is 2.00 bits per heavy atom. The average molecular weight is 400 g/mol. The summed E-state index contributed by atoms with van der Waals surface area (Å²) in [6.45, 7) is 0. The van der Waals surface area contributed by atoms with E-state index in [0.717, 1.165) is 16.1 Å². The van der Waals surface area contributed by atoms with E-state index in [-0.39, 0.29) is 17.2 Å². The van der Waals surface area contributed by atoms with Crippen molar-refractivity contribution in [2.24, 2.45) is 0 Å². The van der Waals surface area contributed by atoms with Crippen LogP contribution in [0, 0.1) is 0 Å². The van der Waals surface area contributed by atoms with E-state index in [1.165, 1.54) is 23.1 Å².